The van der Waals surface area contributed by atoms with Crippen LogP contribution in [0.3, 0.4) is 0 Å². The van der Waals surface area contributed by atoms with Crippen LogP contribution < -0.4 is 10.6 Å². The zero-order valence-corrected chi connectivity index (χ0v) is 16.3. The Hall–Kier alpha value is -2.70. The van der Waals surface area contributed by atoms with Crippen molar-refractivity contribution in [1.29, 1.82) is 0 Å². The van der Waals surface area contributed by atoms with Gasteiger partial charge in [0.1, 0.15) is 5.82 Å². The van der Waals surface area contributed by atoms with E-state index in [0.29, 0.717) is 17.7 Å². The lowest BCUT2D eigenvalue weighted by Gasteiger charge is -2.31. The van der Waals surface area contributed by atoms with E-state index >= 15 is 4.39 Å². The van der Waals surface area contributed by atoms with Crippen LogP contribution in [-0.4, -0.2) is 36.7 Å². The first kappa shape index (κ1) is 18.3. The summed E-state index contributed by atoms with van der Waals surface area (Å²) in [5.74, 6) is -0.591. The van der Waals surface area contributed by atoms with E-state index < -0.39 is 0 Å². The second kappa shape index (κ2) is 7.28. The van der Waals surface area contributed by atoms with Crippen LogP contribution in [0.1, 0.15) is 46.1 Å². The van der Waals surface area contributed by atoms with Crippen molar-refractivity contribution < 1.29 is 13.9 Å². The molecule has 1 saturated carbocycles. The van der Waals surface area contributed by atoms with Crippen molar-refractivity contribution in [2.24, 2.45) is 0 Å². The molecule has 1 aliphatic carbocycles. The number of ether oxygens (including phenoxy) is 1. The number of fused-ring (bicyclic) bond motifs is 3. The van der Waals surface area contributed by atoms with Gasteiger partial charge in [-0.1, -0.05) is 24.3 Å². The van der Waals surface area contributed by atoms with Gasteiger partial charge in [0.2, 0.25) is 0 Å². The number of aromatic amines is 1. The molecular weight excluding hydrogens is 369 g/mol. The Morgan fingerprint density at radius 1 is 1.24 bits per heavy atom. The summed E-state index contributed by atoms with van der Waals surface area (Å²) >= 11 is 0. The maximum atomic E-state index is 15.1. The highest BCUT2D eigenvalue weighted by Crippen LogP contribution is 2.36. The highest BCUT2D eigenvalue weighted by molar-refractivity contribution is 5.94. The summed E-state index contributed by atoms with van der Waals surface area (Å²) in [5, 5.41) is 7.60. The van der Waals surface area contributed by atoms with Gasteiger partial charge in [0.05, 0.1) is 12.6 Å². The van der Waals surface area contributed by atoms with Gasteiger partial charge in [-0.05, 0) is 43.0 Å². The first-order valence-electron chi connectivity index (χ1n) is 10.1. The number of para-hydroxylation sites is 1. The van der Waals surface area contributed by atoms with Gasteiger partial charge in [0.15, 0.2) is 0 Å². The molecule has 3 N–H and O–H groups in total. The van der Waals surface area contributed by atoms with Gasteiger partial charge in [-0.15, -0.1) is 0 Å². The number of H-pyrrole nitrogens is 1. The molecule has 0 radical (unpaired) electrons. The lowest BCUT2D eigenvalue weighted by Crippen LogP contribution is -2.42. The molecule has 1 unspecified atom stereocenters. The number of nitrogens with one attached hydrogen (secondary N) is 3. The van der Waals surface area contributed by atoms with Crippen LogP contribution in [0.2, 0.25) is 0 Å². The average Bonchev–Trinajstić information content (AvgIpc) is 3.46. The minimum absolute atomic E-state index is 0.0777. The molecule has 6 heteroatoms. The van der Waals surface area contributed by atoms with Crippen molar-refractivity contribution in [3.8, 4) is 0 Å². The van der Waals surface area contributed by atoms with Crippen LogP contribution in [0.15, 0.2) is 42.5 Å². The fraction of sp³-hybridized carbons (Fsp3) is 0.348. The number of halogens is 1. The molecule has 0 spiro atoms. The summed E-state index contributed by atoms with van der Waals surface area (Å²) in [7, 11) is 1.68. The fourth-order valence-electron chi connectivity index (χ4n) is 4.26. The third-order valence-corrected chi connectivity index (χ3v) is 5.84. The van der Waals surface area contributed by atoms with Crippen LogP contribution in [0.5, 0.6) is 0 Å². The van der Waals surface area contributed by atoms with Gasteiger partial charge in [-0.25, -0.2) is 4.39 Å². The lowest BCUT2D eigenvalue weighted by atomic mass is 9.90. The van der Waals surface area contributed by atoms with Gasteiger partial charge >= 0.3 is 0 Å². The van der Waals surface area contributed by atoms with Gasteiger partial charge in [0, 0.05) is 46.9 Å². The Labute approximate surface area is 168 Å². The lowest BCUT2D eigenvalue weighted by molar-refractivity contribution is 0.0950. The SMILES string of the molecule is COC[C@H]1Cc2c([nH]c3ccccc23)C(c2ccc(C(=O)NC3CC3)cc2F)N1. The zero-order valence-electron chi connectivity index (χ0n) is 16.3. The van der Waals surface area contributed by atoms with E-state index in [1.54, 1.807) is 19.2 Å². The summed E-state index contributed by atoms with van der Waals surface area (Å²) in [6.07, 6.45) is 2.82. The van der Waals surface area contributed by atoms with Crippen molar-refractivity contribution in [2.75, 3.05) is 13.7 Å². The third kappa shape index (κ3) is 3.43. The van der Waals surface area contributed by atoms with Crippen LogP contribution in [0, 0.1) is 5.82 Å². The predicted octanol–water partition coefficient (Wildman–Crippen LogP) is 3.45. The molecule has 150 valence electrons. The van der Waals surface area contributed by atoms with E-state index in [2.05, 4.69) is 21.7 Å². The number of carbonyl (C=O) groups is 1. The van der Waals surface area contributed by atoms with Crippen LogP contribution in [0.25, 0.3) is 10.9 Å². The Bertz CT molecular complexity index is 1070. The number of aromatic nitrogens is 1. The van der Waals surface area contributed by atoms with E-state index in [1.165, 1.54) is 11.6 Å². The standard InChI is InChI=1S/C23H24FN3O2/c1-29-12-15-11-18-16-4-2-3-5-20(16)27-22(18)21(25-15)17-9-6-13(10-19(17)24)23(28)26-14-7-8-14/h2-6,9-10,14-15,21,25,27H,7-8,11-12H2,1H3,(H,26,28)/t15-,21?/m1/s1. The topological polar surface area (TPSA) is 66.2 Å². The molecule has 2 atom stereocenters. The number of benzene rings is 2. The number of rotatable bonds is 5. The average molecular weight is 393 g/mol. The molecule has 29 heavy (non-hydrogen) atoms. The van der Waals surface area contributed by atoms with Crippen LogP contribution in [-0.2, 0) is 11.2 Å². The molecular formula is C23H24FN3O2. The van der Waals surface area contributed by atoms with Gasteiger partial charge in [-0.2, -0.15) is 0 Å². The second-order valence-corrected chi connectivity index (χ2v) is 8.00. The zero-order chi connectivity index (χ0) is 20.0. The van der Waals surface area contributed by atoms with Crippen molar-refractivity contribution >= 4 is 16.8 Å². The van der Waals surface area contributed by atoms with Crippen molar-refractivity contribution in [1.82, 2.24) is 15.6 Å². The first-order chi connectivity index (χ1) is 14.1. The van der Waals surface area contributed by atoms with E-state index in [0.717, 1.165) is 35.9 Å². The largest absolute Gasteiger partial charge is 0.383 e. The van der Waals surface area contributed by atoms with Gasteiger partial charge in [-0.3, -0.25) is 10.1 Å². The molecule has 2 heterocycles. The summed E-state index contributed by atoms with van der Waals surface area (Å²) in [5.41, 5.74) is 4.11. The molecule has 3 aromatic rings. The molecule has 2 aliphatic rings. The molecule has 5 nitrogen and oxygen atoms in total. The Balaban J connectivity index is 1.53. The maximum Gasteiger partial charge on any atom is 0.251 e. The summed E-state index contributed by atoms with van der Waals surface area (Å²) in [6, 6.07) is 12.9. The van der Waals surface area contributed by atoms with Crippen LogP contribution in [0.4, 0.5) is 4.39 Å². The number of hydrogen-bond acceptors (Lipinski definition) is 3. The molecule has 1 aromatic heterocycles. The number of methoxy groups -OCH3 is 1. The summed E-state index contributed by atoms with van der Waals surface area (Å²) in [6.45, 7) is 0.541. The minimum Gasteiger partial charge on any atom is -0.383 e. The smallest absolute Gasteiger partial charge is 0.251 e. The van der Waals surface area contributed by atoms with E-state index in [1.807, 2.05) is 18.2 Å². The molecule has 5 rings (SSSR count). The summed E-state index contributed by atoms with van der Waals surface area (Å²) in [4.78, 5) is 15.7. The molecule has 0 saturated heterocycles. The summed E-state index contributed by atoms with van der Waals surface area (Å²) < 4.78 is 20.5. The molecule has 0 bridgehead atoms. The molecule has 1 aliphatic heterocycles. The van der Waals surface area contributed by atoms with Crippen molar-refractivity contribution in [2.45, 2.75) is 37.4 Å². The molecule has 1 fully saturated rings. The number of hydrogen-bond donors (Lipinski definition) is 3. The minimum atomic E-state index is -0.381. The highest BCUT2D eigenvalue weighted by atomic mass is 19.1. The number of carbonyl (C=O) groups excluding carboxylic acids is 1. The van der Waals surface area contributed by atoms with E-state index in [-0.39, 0.29) is 29.8 Å². The monoisotopic (exact) mass is 393 g/mol. The maximum absolute atomic E-state index is 15.1. The second-order valence-electron chi connectivity index (χ2n) is 8.00. The van der Waals surface area contributed by atoms with E-state index in [9.17, 15) is 4.79 Å². The first-order valence-corrected chi connectivity index (χ1v) is 10.1. The molecule has 2 aromatic carbocycles. The van der Waals surface area contributed by atoms with Crippen molar-refractivity contribution in [3.05, 3.63) is 70.7 Å². The molecule has 1 amide bonds. The third-order valence-electron chi connectivity index (χ3n) is 5.84. The fourth-order valence-corrected chi connectivity index (χ4v) is 4.26. The normalized spacial score (nSPS) is 21.2. The van der Waals surface area contributed by atoms with Crippen molar-refractivity contribution in [3.63, 3.8) is 0 Å². The van der Waals surface area contributed by atoms with E-state index in [4.69, 9.17) is 4.74 Å². The quantitative estimate of drug-likeness (QED) is 0.622. The Kier molecular flexibility index (Phi) is 4.60. The highest BCUT2D eigenvalue weighted by Gasteiger charge is 2.32. The Morgan fingerprint density at radius 3 is 2.83 bits per heavy atom. The predicted molar refractivity (Wildman–Crippen MR) is 110 cm³/mol. The van der Waals surface area contributed by atoms with Gasteiger partial charge in [0.25, 0.3) is 5.91 Å². The number of amides is 1. The van der Waals surface area contributed by atoms with Crippen LogP contribution >= 0.6 is 0 Å². The van der Waals surface area contributed by atoms with Gasteiger partial charge < -0.3 is 15.0 Å². The Morgan fingerprint density at radius 2 is 2.07 bits per heavy atom.